The van der Waals surface area contributed by atoms with Crippen molar-refractivity contribution in [3.05, 3.63) is 12.2 Å². The predicted molar refractivity (Wildman–Crippen MR) is 29.0 cm³/mol. The fourth-order valence-electron chi connectivity index (χ4n) is 0.258. The minimum atomic E-state index is -1.27. The van der Waals surface area contributed by atoms with Gasteiger partial charge in [0.1, 0.15) is 0 Å². The van der Waals surface area contributed by atoms with Crippen molar-refractivity contribution in [1.82, 2.24) is 0 Å². The van der Waals surface area contributed by atoms with Crippen LogP contribution in [-0.2, 0) is 30.7 Å². The van der Waals surface area contributed by atoms with Crippen molar-refractivity contribution in [2.24, 2.45) is 0 Å². The maximum atomic E-state index is 9.87. The van der Waals surface area contributed by atoms with Gasteiger partial charge in [-0.25, -0.2) is 4.79 Å². The molecule has 0 aromatic carbocycles. The second-order valence-electron chi connectivity index (χ2n) is 1.48. The van der Waals surface area contributed by atoms with E-state index in [0.717, 1.165) is 0 Å². The van der Waals surface area contributed by atoms with Crippen molar-refractivity contribution in [2.45, 2.75) is 6.42 Å². The van der Waals surface area contributed by atoms with Gasteiger partial charge in [-0.2, -0.15) is 0 Å². The Bertz CT molecular complexity index is 163. The number of hydrogen-bond acceptors (Lipinski definition) is 2. The summed E-state index contributed by atoms with van der Waals surface area (Å²) in [6.07, 6.45) is -0.505. The standard InChI is InChI=1S/C5H6O4.Pt/c1-3(5(8)9)2-4(6)7;/h1-2H2,(H,6,7)(H,8,9);. The summed E-state index contributed by atoms with van der Waals surface area (Å²) in [5, 5.41) is 16.1. The van der Waals surface area contributed by atoms with E-state index in [1.165, 1.54) is 0 Å². The molecule has 10 heavy (non-hydrogen) atoms. The molecule has 2 N–H and O–H groups in total. The van der Waals surface area contributed by atoms with Crippen LogP contribution in [0.4, 0.5) is 0 Å². The largest absolute Gasteiger partial charge is 0.481 e. The first-order valence-corrected chi connectivity index (χ1v) is 2.17. The quantitative estimate of drug-likeness (QED) is 0.722. The molecule has 0 amide bonds. The molecule has 0 fully saturated rings. The summed E-state index contributed by atoms with van der Waals surface area (Å²) < 4.78 is 0. The molecule has 5 heteroatoms. The molecule has 0 rings (SSSR count). The number of aliphatic carboxylic acids is 2. The van der Waals surface area contributed by atoms with Gasteiger partial charge in [0.25, 0.3) is 0 Å². The molecule has 0 aliphatic heterocycles. The summed E-state index contributed by atoms with van der Waals surface area (Å²) in [7, 11) is 0. The van der Waals surface area contributed by atoms with Crippen LogP contribution in [0, 0.1) is 0 Å². The van der Waals surface area contributed by atoms with Crippen LogP contribution in [0.15, 0.2) is 12.2 Å². The minimum Gasteiger partial charge on any atom is -0.481 e. The first-order valence-electron chi connectivity index (χ1n) is 2.17. The summed E-state index contributed by atoms with van der Waals surface area (Å²) in [6, 6.07) is 0. The zero-order chi connectivity index (χ0) is 7.44. The molecular weight excluding hydrogens is 319 g/mol. The molecule has 4 nitrogen and oxygen atoms in total. The summed E-state index contributed by atoms with van der Waals surface area (Å²) in [5.74, 6) is -2.44. The Morgan fingerprint density at radius 1 is 1.30 bits per heavy atom. The molecule has 0 saturated carbocycles. The summed E-state index contributed by atoms with van der Waals surface area (Å²) in [4.78, 5) is 19.7. The van der Waals surface area contributed by atoms with Crippen LogP contribution in [0.5, 0.6) is 0 Å². The molecular formula is C5H6O4Pt. The number of hydrogen-bond donors (Lipinski definition) is 2. The zero-order valence-electron chi connectivity index (χ0n) is 4.94. The fraction of sp³-hybridized carbons (Fsp3) is 0.200. The Kier molecular flexibility index (Phi) is 6.26. The average Bonchev–Trinajstić information content (AvgIpc) is 1.63. The monoisotopic (exact) mass is 325 g/mol. The molecule has 0 aliphatic carbocycles. The summed E-state index contributed by atoms with van der Waals surface area (Å²) in [5.41, 5.74) is -0.303. The van der Waals surface area contributed by atoms with E-state index >= 15 is 0 Å². The van der Waals surface area contributed by atoms with E-state index in [0.29, 0.717) is 0 Å². The second-order valence-corrected chi connectivity index (χ2v) is 1.48. The van der Waals surface area contributed by atoms with Gasteiger partial charge in [-0.15, -0.1) is 0 Å². The molecule has 0 aromatic heterocycles. The third kappa shape index (κ3) is 5.50. The Morgan fingerprint density at radius 3 is 1.80 bits per heavy atom. The minimum absolute atomic E-state index is 0. The first-order chi connectivity index (χ1) is 4.04. The van der Waals surface area contributed by atoms with Crippen LogP contribution in [0.3, 0.4) is 0 Å². The van der Waals surface area contributed by atoms with Crippen LogP contribution < -0.4 is 0 Å². The van der Waals surface area contributed by atoms with E-state index in [1.54, 1.807) is 0 Å². The van der Waals surface area contributed by atoms with Crippen LogP contribution in [0.2, 0.25) is 0 Å². The Labute approximate surface area is 71.8 Å². The maximum Gasteiger partial charge on any atom is 0.331 e. The van der Waals surface area contributed by atoms with Crippen molar-refractivity contribution >= 4 is 11.9 Å². The van der Waals surface area contributed by atoms with Crippen molar-refractivity contribution in [2.75, 3.05) is 0 Å². The van der Waals surface area contributed by atoms with Crippen molar-refractivity contribution in [1.29, 1.82) is 0 Å². The van der Waals surface area contributed by atoms with Gasteiger partial charge >= 0.3 is 11.9 Å². The SMILES string of the molecule is C=C(CC(=O)O)C(=O)O.[Pt]. The number of rotatable bonds is 3. The van der Waals surface area contributed by atoms with Gasteiger partial charge in [-0.05, 0) is 0 Å². The fourth-order valence-corrected chi connectivity index (χ4v) is 0.258. The zero-order valence-corrected chi connectivity index (χ0v) is 7.21. The normalized spacial score (nSPS) is 7.60. The summed E-state index contributed by atoms with van der Waals surface area (Å²) in [6.45, 7) is 3.01. The molecule has 0 bridgehead atoms. The second kappa shape index (κ2) is 5.18. The van der Waals surface area contributed by atoms with Gasteiger partial charge in [0, 0.05) is 26.6 Å². The van der Waals surface area contributed by atoms with Crippen molar-refractivity contribution in [3.63, 3.8) is 0 Å². The van der Waals surface area contributed by atoms with Gasteiger partial charge < -0.3 is 10.2 Å². The van der Waals surface area contributed by atoms with E-state index in [2.05, 4.69) is 6.58 Å². The molecule has 0 aliphatic rings. The van der Waals surface area contributed by atoms with E-state index in [4.69, 9.17) is 10.2 Å². The van der Waals surface area contributed by atoms with Crippen LogP contribution in [-0.4, -0.2) is 22.2 Å². The predicted octanol–water partition coefficient (Wildman–Crippen LogP) is 0.0994. The van der Waals surface area contributed by atoms with E-state index in [9.17, 15) is 9.59 Å². The molecule has 0 heterocycles. The van der Waals surface area contributed by atoms with E-state index in [-0.39, 0.29) is 26.6 Å². The molecule has 0 spiro atoms. The van der Waals surface area contributed by atoms with Crippen molar-refractivity contribution in [3.8, 4) is 0 Å². The molecule has 60 valence electrons. The van der Waals surface area contributed by atoms with Gasteiger partial charge in [0.2, 0.25) is 0 Å². The molecule has 0 radical (unpaired) electrons. The average molecular weight is 325 g/mol. The third-order valence-corrected chi connectivity index (χ3v) is 0.667. The Balaban J connectivity index is 0. The smallest absolute Gasteiger partial charge is 0.331 e. The Hall–Kier alpha value is -0.632. The number of carbonyl (C=O) groups is 2. The van der Waals surface area contributed by atoms with Gasteiger partial charge in [0.15, 0.2) is 0 Å². The molecule has 0 saturated heterocycles. The molecule has 0 atom stereocenters. The molecule has 0 aromatic rings. The van der Waals surface area contributed by atoms with E-state index in [1.807, 2.05) is 0 Å². The Morgan fingerprint density at radius 2 is 1.70 bits per heavy atom. The van der Waals surface area contributed by atoms with E-state index < -0.39 is 18.4 Å². The maximum absolute atomic E-state index is 9.87. The van der Waals surface area contributed by atoms with Gasteiger partial charge in [-0.1, -0.05) is 6.58 Å². The topological polar surface area (TPSA) is 74.6 Å². The van der Waals surface area contributed by atoms with Gasteiger partial charge in [0.05, 0.1) is 6.42 Å². The van der Waals surface area contributed by atoms with Crippen LogP contribution in [0.25, 0.3) is 0 Å². The number of carboxylic acids is 2. The van der Waals surface area contributed by atoms with Crippen molar-refractivity contribution < 1.29 is 40.9 Å². The summed E-state index contributed by atoms with van der Waals surface area (Å²) >= 11 is 0. The van der Waals surface area contributed by atoms with Gasteiger partial charge in [-0.3, -0.25) is 4.79 Å². The first kappa shape index (κ1) is 12.1. The molecule has 0 unspecified atom stereocenters. The third-order valence-electron chi connectivity index (χ3n) is 0.667. The number of carboxylic acid groups (broad SMARTS) is 2. The van der Waals surface area contributed by atoms with Crippen LogP contribution >= 0.6 is 0 Å². The van der Waals surface area contributed by atoms with Crippen LogP contribution in [0.1, 0.15) is 6.42 Å².